The van der Waals surface area contributed by atoms with Gasteiger partial charge in [0.05, 0.1) is 19.9 Å². The smallest absolute Gasteiger partial charge is 0.318 e. The van der Waals surface area contributed by atoms with E-state index in [-0.39, 0.29) is 29.8 Å². The van der Waals surface area contributed by atoms with Crippen LogP contribution in [0.3, 0.4) is 0 Å². The molecule has 1 aliphatic heterocycles. The Labute approximate surface area is 108 Å². The Kier molecular flexibility index (Phi) is 3.51. The highest BCUT2D eigenvalue weighted by atomic mass is 35.5. The number of alkyl halides is 1. The van der Waals surface area contributed by atoms with E-state index in [0.29, 0.717) is 0 Å². The van der Waals surface area contributed by atoms with Crippen LogP contribution >= 0.6 is 11.6 Å². The highest BCUT2D eigenvalue weighted by molar-refractivity contribution is 6.32. The average molecular weight is 275 g/mol. The van der Waals surface area contributed by atoms with E-state index in [4.69, 9.17) is 22.1 Å². The number of hydrogen-bond donors (Lipinski definition) is 1. The van der Waals surface area contributed by atoms with Crippen LogP contribution in [0.2, 0.25) is 5.02 Å². The van der Waals surface area contributed by atoms with Gasteiger partial charge in [0, 0.05) is 6.42 Å². The molecule has 1 saturated heterocycles. The standard InChI is InChI=1S/C10H12ClFN4O2/c1-18-10-14-3-6(11)9(15-10)16-4-5(12)2-7(16)8(13)17/h3,5,7H,2,4H2,1H3,(H2,13,17)/t5-,7+/m1/s1. The third-order valence-electron chi connectivity index (χ3n) is 2.74. The van der Waals surface area contributed by atoms with Crippen LogP contribution in [0.4, 0.5) is 10.2 Å². The van der Waals surface area contributed by atoms with Crippen LogP contribution in [0.25, 0.3) is 0 Å². The van der Waals surface area contributed by atoms with E-state index >= 15 is 0 Å². The van der Waals surface area contributed by atoms with E-state index < -0.39 is 18.1 Å². The molecule has 0 saturated carbocycles. The predicted octanol–water partition coefficient (Wildman–Crippen LogP) is 0.541. The Morgan fingerprint density at radius 1 is 1.72 bits per heavy atom. The lowest BCUT2D eigenvalue weighted by Gasteiger charge is -2.23. The number of carbonyl (C=O) groups is 1. The number of anilines is 1. The van der Waals surface area contributed by atoms with Crippen molar-refractivity contribution >= 4 is 23.3 Å². The summed E-state index contributed by atoms with van der Waals surface area (Å²) in [6.45, 7) is 0.0213. The Morgan fingerprint density at radius 2 is 2.44 bits per heavy atom. The highest BCUT2D eigenvalue weighted by Gasteiger charge is 2.37. The van der Waals surface area contributed by atoms with Crippen molar-refractivity contribution in [3.05, 3.63) is 11.2 Å². The molecule has 1 fully saturated rings. The minimum absolute atomic E-state index is 0.0213. The summed E-state index contributed by atoms with van der Waals surface area (Å²) in [5, 5.41) is 0.219. The third-order valence-corrected chi connectivity index (χ3v) is 3.00. The monoisotopic (exact) mass is 274 g/mol. The van der Waals surface area contributed by atoms with Gasteiger partial charge in [0.25, 0.3) is 0 Å². The summed E-state index contributed by atoms with van der Waals surface area (Å²) >= 11 is 5.95. The van der Waals surface area contributed by atoms with Crippen molar-refractivity contribution < 1.29 is 13.9 Å². The minimum atomic E-state index is -1.14. The molecule has 1 aromatic rings. The number of primary amides is 1. The molecule has 0 unspecified atom stereocenters. The summed E-state index contributed by atoms with van der Waals surface area (Å²) in [5.74, 6) is -0.351. The van der Waals surface area contributed by atoms with Gasteiger partial charge in [0.2, 0.25) is 5.91 Å². The first-order valence-electron chi connectivity index (χ1n) is 5.29. The number of rotatable bonds is 3. The fraction of sp³-hybridized carbons (Fsp3) is 0.500. The molecule has 2 heterocycles. The maximum absolute atomic E-state index is 13.4. The summed E-state index contributed by atoms with van der Waals surface area (Å²) in [6, 6.07) is -0.656. The zero-order valence-electron chi connectivity index (χ0n) is 9.64. The maximum Gasteiger partial charge on any atom is 0.318 e. The van der Waals surface area contributed by atoms with Gasteiger partial charge in [-0.1, -0.05) is 11.6 Å². The lowest BCUT2D eigenvalue weighted by Crippen LogP contribution is -2.41. The molecule has 2 atom stereocenters. The van der Waals surface area contributed by atoms with Crippen molar-refractivity contribution in [3.63, 3.8) is 0 Å². The number of nitrogens with zero attached hydrogens (tertiary/aromatic N) is 3. The summed E-state index contributed by atoms with van der Waals surface area (Å²) in [5.41, 5.74) is 5.24. The zero-order chi connectivity index (χ0) is 13.3. The fourth-order valence-electron chi connectivity index (χ4n) is 1.93. The molecule has 98 valence electrons. The van der Waals surface area contributed by atoms with Gasteiger partial charge in [0.1, 0.15) is 17.2 Å². The number of aromatic nitrogens is 2. The molecule has 0 aliphatic carbocycles. The summed E-state index contributed by atoms with van der Waals surface area (Å²) in [4.78, 5) is 20.6. The fourth-order valence-corrected chi connectivity index (χ4v) is 2.13. The second-order valence-electron chi connectivity index (χ2n) is 3.93. The molecule has 8 heteroatoms. The summed E-state index contributed by atoms with van der Waals surface area (Å²) in [6.07, 6.45) is 0.240. The molecule has 2 N–H and O–H groups in total. The van der Waals surface area contributed by atoms with E-state index in [9.17, 15) is 9.18 Å². The van der Waals surface area contributed by atoms with E-state index in [2.05, 4.69) is 9.97 Å². The molecule has 18 heavy (non-hydrogen) atoms. The first-order valence-corrected chi connectivity index (χ1v) is 5.67. The van der Waals surface area contributed by atoms with Gasteiger partial charge in [-0.3, -0.25) is 4.79 Å². The van der Waals surface area contributed by atoms with Gasteiger partial charge in [0.15, 0.2) is 5.82 Å². The Bertz CT molecular complexity index is 473. The Morgan fingerprint density at radius 3 is 3.06 bits per heavy atom. The first-order chi connectivity index (χ1) is 8.52. The van der Waals surface area contributed by atoms with Crippen molar-refractivity contribution in [2.75, 3.05) is 18.6 Å². The van der Waals surface area contributed by atoms with Crippen LogP contribution in [0.5, 0.6) is 6.01 Å². The van der Waals surface area contributed by atoms with E-state index in [1.807, 2.05) is 0 Å². The third kappa shape index (κ3) is 2.31. The first kappa shape index (κ1) is 12.8. The highest BCUT2D eigenvalue weighted by Crippen LogP contribution is 2.31. The molecule has 1 amide bonds. The van der Waals surface area contributed by atoms with Gasteiger partial charge in [-0.2, -0.15) is 4.98 Å². The molecule has 0 radical (unpaired) electrons. The number of hydrogen-bond acceptors (Lipinski definition) is 5. The molecule has 1 aliphatic rings. The Hall–Kier alpha value is -1.63. The molecule has 0 bridgehead atoms. The number of nitrogens with two attached hydrogens (primary N) is 1. The Balaban J connectivity index is 2.37. The number of ether oxygens (including phenoxy) is 1. The second kappa shape index (κ2) is 4.93. The lowest BCUT2D eigenvalue weighted by atomic mass is 10.2. The van der Waals surface area contributed by atoms with Crippen molar-refractivity contribution in [1.29, 1.82) is 0 Å². The van der Waals surface area contributed by atoms with E-state index in [1.165, 1.54) is 18.2 Å². The van der Waals surface area contributed by atoms with Crippen LogP contribution < -0.4 is 15.4 Å². The minimum Gasteiger partial charge on any atom is -0.467 e. The maximum atomic E-state index is 13.4. The van der Waals surface area contributed by atoms with Crippen LogP contribution in [0.1, 0.15) is 6.42 Å². The van der Waals surface area contributed by atoms with Crippen LogP contribution in [-0.2, 0) is 4.79 Å². The van der Waals surface area contributed by atoms with Gasteiger partial charge in [-0.15, -0.1) is 0 Å². The summed E-state index contributed by atoms with van der Waals surface area (Å²) in [7, 11) is 1.40. The lowest BCUT2D eigenvalue weighted by molar-refractivity contribution is -0.119. The van der Waals surface area contributed by atoms with Gasteiger partial charge < -0.3 is 15.4 Å². The zero-order valence-corrected chi connectivity index (χ0v) is 10.4. The predicted molar refractivity (Wildman–Crippen MR) is 63.4 cm³/mol. The molecule has 0 spiro atoms. The van der Waals surface area contributed by atoms with Gasteiger partial charge in [-0.05, 0) is 0 Å². The average Bonchev–Trinajstić information content (AvgIpc) is 2.72. The largest absolute Gasteiger partial charge is 0.467 e. The molecule has 2 rings (SSSR count). The quantitative estimate of drug-likeness (QED) is 0.870. The van der Waals surface area contributed by atoms with Crippen molar-refractivity contribution in [3.8, 4) is 6.01 Å². The molecular formula is C10H12ClFN4O2. The van der Waals surface area contributed by atoms with Gasteiger partial charge in [-0.25, -0.2) is 9.37 Å². The van der Waals surface area contributed by atoms with Crippen molar-refractivity contribution in [1.82, 2.24) is 9.97 Å². The van der Waals surface area contributed by atoms with Crippen molar-refractivity contribution in [2.45, 2.75) is 18.6 Å². The van der Waals surface area contributed by atoms with Crippen molar-refractivity contribution in [2.24, 2.45) is 5.73 Å². The number of halogens is 2. The topological polar surface area (TPSA) is 81.3 Å². The van der Waals surface area contributed by atoms with Crippen LogP contribution in [0, 0.1) is 0 Å². The van der Waals surface area contributed by atoms with E-state index in [1.54, 1.807) is 0 Å². The van der Waals surface area contributed by atoms with Crippen LogP contribution in [0.15, 0.2) is 6.20 Å². The molecule has 1 aromatic heterocycles. The normalized spacial score (nSPS) is 23.2. The molecular weight excluding hydrogens is 263 g/mol. The number of amides is 1. The second-order valence-corrected chi connectivity index (χ2v) is 4.34. The SMILES string of the molecule is COc1ncc(Cl)c(N2C[C@H](F)C[C@H]2C(N)=O)n1. The molecule has 0 aromatic carbocycles. The number of methoxy groups -OCH3 is 1. The summed E-state index contributed by atoms with van der Waals surface area (Å²) < 4.78 is 18.3. The van der Waals surface area contributed by atoms with Gasteiger partial charge >= 0.3 is 6.01 Å². The van der Waals surface area contributed by atoms with Crippen LogP contribution in [-0.4, -0.2) is 41.7 Å². The van der Waals surface area contributed by atoms with E-state index in [0.717, 1.165) is 0 Å². The number of carbonyl (C=O) groups excluding carboxylic acids is 1. The molecule has 6 nitrogen and oxygen atoms in total.